The van der Waals surface area contributed by atoms with Crippen LogP contribution in [0, 0.1) is 0 Å². The highest BCUT2D eigenvalue weighted by Gasteiger charge is 2.34. The van der Waals surface area contributed by atoms with Gasteiger partial charge in [-0.15, -0.1) is 0 Å². The Morgan fingerprint density at radius 3 is 2.46 bits per heavy atom. The molecule has 0 aliphatic carbocycles. The van der Waals surface area contributed by atoms with E-state index in [0.717, 1.165) is 17.3 Å². The normalized spacial score (nSPS) is 12.5. The number of hydrogen-bond donors (Lipinski definition) is 1. The fraction of sp³-hybridized carbons (Fsp3) is 0.250. The van der Waals surface area contributed by atoms with Crippen molar-refractivity contribution in [2.75, 3.05) is 6.54 Å². The maximum atomic E-state index is 13.7. The minimum atomic E-state index is -4.47. The van der Waals surface area contributed by atoms with E-state index >= 15 is 0 Å². The number of nitrogens with one attached hydrogen (secondary N) is 1. The molecule has 1 atom stereocenters. The summed E-state index contributed by atoms with van der Waals surface area (Å²) in [5.41, 5.74) is 1.37. The van der Waals surface area contributed by atoms with Gasteiger partial charge >= 0.3 is 6.18 Å². The lowest BCUT2D eigenvalue weighted by atomic mass is 10.0. The molecule has 1 N–H and O–H groups in total. The lowest BCUT2D eigenvalue weighted by molar-refractivity contribution is -0.138. The average molecular weight is 509 g/mol. The number of amides is 1. The van der Waals surface area contributed by atoms with Crippen LogP contribution in [0.5, 0.6) is 0 Å². The van der Waals surface area contributed by atoms with Crippen LogP contribution >= 0.6 is 0 Å². The first kappa shape index (κ1) is 26.1. The van der Waals surface area contributed by atoms with Gasteiger partial charge in [-0.25, -0.2) is 4.98 Å². The summed E-state index contributed by atoms with van der Waals surface area (Å²) in [5.74, 6) is -0.154. The predicted octanol–water partition coefficient (Wildman–Crippen LogP) is 5.82. The zero-order valence-corrected chi connectivity index (χ0v) is 20.3. The molecule has 192 valence electrons. The van der Waals surface area contributed by atoms with Crippen LogP contribution in [0.2, 0.25) is 0 Å². The van der Waals surface area contributed by atoms with Gasteiger partial charge in [-0.05, 0) is 36.2 Å². The van der Waals surface area contributed by atoms with E-state index in [2.05, 4.69) is 15.3 Å². The summed E-state index contributed by atoms with van der Waals surface area (Å²) in [6.07, 6.45) is -0.948. The second-order valence-corrected chi connectivity index (χ2v) is 8.60. The van der Waals surface area contributed by atoms with E-state index in [1.54, 1.807) is 12.3 Å². The molecule has 4 aromatic rings. The van der Waals surface area contributed by atoms with Crippen molar-refractivity contribution in [2.24, 2.45) is 0 Å². The van der Waals surface area contributed by atoms with Crippen molar-refractivity contribution in [1.82, 2.24) is 20.2 Å². The van der Waals surface area contributed by atoms with Crippen molar-refractivity contribution >= 4 is 5.91 Å². The van der Waals surface area contributed by atoms with Crippen LogP contribution in [0.4, 0.5) is 13.2 Å². The minimum absolute atomic E-state index is 0.0136. The fourth-order valence-electron chi connectivity index (χ4n) is 4.03. The van der Waals surface area contributed by atoms with E-state index < -0.39 is 17.6 Å². The highest BCUT2D eigenvalue weighted by molar-refractivity contribution is 5.91. The van der Waals surface area contributed by atoms with Crippen LogP contribution < -0.4 is 5.32 Å². The van der Waals surface area contributed by atoms with Crippen molar-refractivity contribution in [3.05, 3.63) is 119 Å². The second-order valence-electron chi connectivity index (χ2n) is 8.60. The van der Waals surface area contributed by atoms with E-state index in [9.17, 15) is 18.0 Å². The van der Waals surface area contributed by atoms with E-state index in [1.807, 2.05) is 60.4 Å². The Bertz CT molecular complexity index is 1290. The number of alkyl halides is 3. The third kappa shape index (κ3) is 7.04. The SMILES string of the molecule is CC(c1ccccc1)N(Cc1nc(C(=O)NCCc2ccccn2)co1)Cc1ccccc1C(F)(F)F. The molecule has 0 spiro atoms. The average Bonchev–Trinajstić information content (AvgIpc) is 3.37. The molecule has 0 saturated heterocycles. The summed E-state index contributed by atoms with van der Waals surface area (Å²) in [4.78, 5) is 22.9. The fourth-order valence-corrected chi connectivity index (χ4v) is 4.03. The van der Waals surface area contributed by atoms with Gasteiger partial charge in [-0.3, -0.25) is 14.7 Å². The highest BCUT2D eigenvalue weighted by atomic mass is 19.4. The zero-order valence-electron chi connectivity index (χ0n) is 20.3. The molecule has 6 nitrogen and oxygen atoms in total. The summed E-state index contributed by atoms with van der Waals surface area (Å²) >= 11 is 0. The maximum absolute atomic E-state index is 13.7. The molecule has 0 aliphatic heterocycles. The molecule has 1 unspecified atom stereocenters. The number of hydrogen-bond acceptors (Lipinski definition) is 5. The third-order valence-electron chi connectivity index (χ3n) is 6.04. The van der Waals surface area contributed by atoms with Crippen LogP contribution in [-0.4, -0.2) is 27.3 Å². The van der Waals surface area contributed by atoms with E-state index in [0.29, 0.717) is 13.0 Å². The van der Waals surface area contributed by atoms with Crippen molar-refractivity contribution in [3.63, 3.8) is 0 Å². The summed E-state index contributed by atoms with van der Waals surface area (Å²) in [5, 5.41) is 2.79. The molecule has 37 heavy (non-hydrogen) atoms. The first-order valence-electron chi connectivity index (χ1n) is 11.9. The lowest BCUT2D eigenvalue weighted by Gasteiger charge is -2.29. The van der Waals surface area contributed by atoms with Crippen molar-refractivity contribution in [3.8, 4) is 0 Å². The van der Waals surface area contributed by atoms with Gasteiger partial charge in [0.15, 0.2) is 5.69 Å². The van der Waals surface area contributed by atoms with Gasteiger partial charge in [-0.1, -0.05) is 54.6 Å². The number of halogens is 3. The van der Waals surface area contributed by atoms with Gasteiger partial charge in [0.05, 0.1) is 12.1 Å². The Kier molecular flexibility index (Phi) is 8.35. The van der Waals surface area contributed by atoms with Crippen molar-refractivity contribution < 1.29 is 22.4 Å². The van der Waals surface area contributed by atoms with Crippen molar-refractivity contribution in [1.29, 1.82) is 0 Å². The molecule has 2 aromatic heterocycles. The van der Waals surface area contributed by atoms with E-state index in [-0.39, 0.29) is 36.3 Å². The molecule has 9 heteroatoms. The van der Waals surface area contributed by atoms with Gasteiger partial charge < -0.3 is 9.73 Å². The predicted molar refractivity (Wildman–Crippen MR) is 132 cm³/mol. The Morgan fingerprint density at radius 2 is 1.73 bits per heavy atom. The lowest BCUT2D eigenvalue weighted by Crippen LogP contribution is -2.28. The number of carbonyl (C=O) groups excluding carboxylic acids is 1. The van der Waals surface area contributed by atoms with Gasteiger partial charge in [0, 0.05) is 37.4 Å². The number of pyridine rings is 1. The molecule has 0 fully saturated rings. The Labute approximate surface area is 213 Å². The number of rotatable bonds is 10. The van der Waals surface area contributed by atoms with E-state index in [1.165, 1.54) is 18.4 Å². The largest absolute Gasteiger partial charge is 0.447 e. The van der Waals surface area contributed by atoms with Crippen LogP contribution in [0.15, 0.2) is 89.7 Å². The van der Waals surface area contributed by atoms with Crippen LogP contribution in [0.25, 0.3) is 0 Å². The smallest absolute Gasteiger partial charge is 0.416 e. The molecule has 2 aromatic carbocycles. The second kappa shape index (κ2) is 11.8. The molecule has 0 aliphatic rings. The van der Waals surface area contributed by atoms with Crippen molar-refractivity contribution in [2.45, 2.75) is 38.7 Å². The van der Waals surface area contributed by atoms with Crippen LogP contribution in [-0.2, 0) is 25.7 Å². The molecule has 2 heterocycles. The number of carbonyl (C=O) groups is 1. The van der Waals surface area contributed by atoms with Gasteiger partial charge in [0.1, 0.15) is 6.26 Å². The Morgan fingerprint density at radius 1 is 1.00 bits per heavy atom. The molecule has 1 amide bonds. The van der Waals surface area contributed by atoms with Crippen LogP contribution in [0.3, 0.4) is 0 Å². The van der Waals surface area contributed by atoms with Crippen LogP contribution in [0.1, 0.15) is 51.7 Å². The summed E-state index contributed by atoms with van der Waals surface area (Å²) < 4.78 is 46.5. The molecule has 0 saturated carbocycles. The highest BCUT2D eigenvalue weighted by Crippen LogP contribution is 2.34. The van der Waals surface area contributed by atoms with Gasteiger partial charge in [0.25, 0.3) is 5.91 Å². The summed E-state index contributed by atoms with van der Waals surface area (Å²) in [7, 11) is 0. The first-order valence-corrected chi connectivity index (χ1v) is 11.9. The molecule has 0 radical (unpaired) electrons. The molecule has 0 bridgehead atoms. The third-order valence-corrected chi connectivity index (χ3v) is 6.04. The maximum Gasteiger partial charge on any atom is 0.416 e. The first-order chi connectivity index (χ1) is 17.8. The Balaban J connectivity index is 1.49. The topological polar surface area (TPSA) is 71.3 Å². The quantitative estimate of drug-likeness (QED) is 0.292. The standard InChI is InChI=1S/C28H27F3N4O2/c1-20(21-9-3-2-4-10-21)35(17-22-11-5-6-13-24(22)28(29,30)31)18-26-34-25(19-37-26)27(36)33-16-14-23-12-7-8-15-32-23/h2-13,15,19-20H,14,16-18H2,1H3,(H,33,36). The molecule has 4 rings (SSSR count). The molecular formula is C28H27F3N4O2. The minimum Gasteiger partial charge on any atom is -0.447 e. The monoisotopic (exact) mass is 508 g/mol. The number of benzene rings is 2. The number of oxazole rings is 1. The summed E-state index contributed by atoms with van der Waals surface area (Å²) in [6, 6.07) is 20.3. The van der Waals surface area contributed by atoms with Gasteiger partial charge in [0.2, 0.25) is 5.89 Å². The van der Waals surface area contributed by atoms with Gasteiger partial charge in [-0.2, -0.15) is 13.2 Å². The van der Waals surface area contributed by atoms with E-state index in [4.69, 9.17) is 4.42 Å². The Hall–Kier alpha value is -3.98. The molecular weight excluding hydrogens is 481 g/mol. The summed E-state index contributed by atoms with van der Waals surface area (Å²) in [6.45, 7) is 2.42. The number of aromatic nitrogens is 2. The number of nitrogens with zero attached hydrogens (tertiary/aromatic N) is 3. The zero-order chi connectivity index (χ0) is 26.3.